The molecule has 1 saturated carbocycles. The molecule has 0 spiro atoms. The Morgan fingerprint density at radius 1 is 1.53 bits per heavy atom. The number of nitro groups is 1. The Balaban J connectivity index is 2.01. The van der Waals surface area contributed by atoms with Gasteiger partial charge in [0, 0.05) is 19.0 Å². The molecular weight excluding hydrogens is 250 g/mol. The molecule has 104 valence electrons. The first kappa shape index (κ1) is 13.3. The van der Waals surface area contributed by atoms with E-state index in [1.165, 1.54) is 6.33 Å². The molecular formula is C11H17N5O3. The van der Waals surface area contributed by atoms with Gasteiger partial charge in [-0.05, 0) is 35.6 Å². The zero-order valence-corrected chi connectivity index (χ0v) is 10.7. The van der Waals surface area contributed by atoms with Crippen molar-refractivity contribution < 1.29 is 9.72 Å². The van der Waals surface area contributed by atoms with Crippen molar-refractivity contribution in [1.29, 1.82) is 0 Å². The molecule has 1 aromatic rings. The number of aromatic nitrogens is 2. The van der Waals surface area contributed by atoms with Gasteiger partial charge in [-0.15, -0.1) is 0 Å². The molecule has 1 aromatic heterocycles. The standard InChI is InChI=1S/C11H17N5O3/c1-15-6-13-10(16(18)19)11(15)14-8-4-2-7(3-5-8)9(12)17/h6-8,14H,2-5H2,1H3,(H2,12,17). The Kier molecular flexibility index (Phi) is 3.68. The second-order valence-electron chi connectivity index (χ2n) is 4.88. The van der Waals surface area contributed by atoms with Gasteiger partial charge in [0.15, 0.2) is 0 Å². The van der Waals surface area contributed by atoms with Crippen molar-refractivity contribution in [1.82, 2.24) is 9.55 Å². The Labute approximate surface area is 110 Å². The van der Waals surface area contributed by atoms with Crippen LogP contribution in [0.5, 0.6) is 0 Å². The van der Waals surface area contributed by atoms with Crippen LogP contribution in [0.1, 0.15) is 25.7 Å². The average Bonchev–Trinajstić information content (AvgIpc) is 2.72. The number of hydrogen-bond donors (Lipinski definition) is 2. The van der Waals surface area contributed by atoms with E-state index in [9.17, 15) is 14.9 Å². The molecule has 0 unspecified atom stereocenters. The Bertz CT molecular complexity index is 491. The smallest absolute Gasteiger partial charge is 0.369 e. The van der Waals surface area contributed by atoms with Crippen LogP contribution in [-0.4, -0.2) is 26.4 Å². The maximum atomic E-state index is 11.1. The molecule has 1 amide bonds. The second-order valence-corrected chi connectivity index (χ2v) is 4.88. The maximum absolute atomic E-state index is 11.1. The molecule has 0 aromatic carbocycles. The van der Waals surface area contributed by atoms with Crippen molar-refractivity contribution in [2.75, 3.05) is 5.32 Å². The van der Waals surface area contributed by atoms with Gasteiger partial charge >= 0.3 is 5.82 Å². The molecule has 2 rings (SSSR count). The zero-order chi connectivity index (χ0) is 14.0. The van der Waals surface area contributed by atoms with Gasteiger partial charge in [-0.3, -0.25) is 9.36 Å². The zero-order valence-electron chi connectivity index (χ0n) is 10.7. The summed E-state index contributed by atoms with van der Waals surface area (Å²) in [7, 11) is 1.71. The number of imidazole rings is 1. The number of carbonyl (C=O) groups excluding carboxylic acids is 1. The third-order valence-corrected chi connectivity index (χ3v) is 3.56. The Hall–Kier alpha value is -2.12. The van der Waals surface area contributed by atoms with Crippen LogP contribution >= 0.6 is 0 Å². The minimum absolute atomic E-state index is 0.0698. The first-order valence-electron chi connectivity index (χ1n) is 6.20. The molecule has 3 N–H and O–H groups in total. The third-order valence-electron chi connectivity index (χ3n) is 3.56. The largest absolute Gasteiger partial charge is 0.406 e. The van der Waals surface area contributed by atoms with E-state index < -0.39 is 4.92 Å². The number of nitrogens with two attached hydrogens (primary N) is 1. The van der Waals surface area contributed by atoms with Crippen molar-refractivity contribution in [3.05, 3.63) is 16.4 Å². The average molecular weight is 267 g/mol. The topological polar surface area (TPSA) is 116 Å². The number of rotatable bonds is 4. The van der Waals surface area contributed by atoms with E-state index in [1.54, 1.807) is 11.6 Å². The second kappa shape index (κ2) is 5.25. The SMILES string of the molecule is Cn1cnc([N+](=O)[O-])c1NC1CCC(C(N)=O)CC1. The number of anilines is 1. The van der Waals surface area contributed by atoms with E-state index >= 15 is 0 Å². The fourth-order valence-corrected chi connectivity index (χ4v) is 2.43. The summed E-state index contributed by atoms with van der Waals surface area (Å²) in [6, 6.07) is 0.115. The summed E-state index contributed by atoms with van der Waals surface area (Å²) in [5.74, 6) is -0.0865. The number of amides is 1. The summed E-state index contributed by atoms with van der Waals surface area (Å²) in [4.78, 5) is 25.2. The number of hydrogen-bond acceptors (Lipinski definition) is 5. The molecule has 0 aliphatic heterocycles. The van der Waals surface area contributed by atoms with Gasteiger partial charge in [-0.2, -0.15) is 0 Å². The molecule has 1 aliphatic rings. The molecule has 1 aliphatic carbocycles. The minimum atomic E-state index is -0.503. The molecule has 1 heterocycles. The number of nitrogens with one attached hydrogen (secondary N) is 1. The van der Waals surface area contributed by atoms with Crippen LogP contribution in [0.25, 0.3) is 0 Å². The van der Waals surface area contributed by atoms with Crippen LogP contribution in [0.4, 0.5) is 11.6 Å². The summed E-state index contributed by atoms with van der Waals surface area (Å²) >= 11 is 0. The van der Waals surface area contributed by atoms with Crippen molar-refractivity contribution in [3.63, 3.8) is 0 Å². The first-order chi connectivity index (χ1) is 8.99. The van der Waals surface area contributed by atoms with Gasteiger partial charge in [0.1, 0.15) is 0 Å². The van der Waals surface area contributed by atoms with Crippen LogP contribution in [-0.2, 0) is 11.8 Å². The minimum Gasteiger partial charge on any atom is -0.369 e. The highest BCUT2D eigenvalue weighted by Crippen LogP contribution is 2.29. The quantitative estimate of drug-likeness (QED) is 0.617. The summed E-state index contributed by atoms with van der Waals surface area (Å²) in [6.07, 6.45) is 4.40. The highest BCUT2D eigenvalue weighted by Gasteiger charge is 2.28. The lowest BCUT2D eigenvalue weighted by Crippen LogP contribution is -2.33. The van der Waals surface area contributed by atoms with Gasteiger partial charge < -0.3 is 21.2 Å². The van der Waals surface area contributed by atoms with E-state index in [0.717, 1.165) is 25.7 Å². The monoisotopic (exact) mass is 267 g/mol. The number of primary amides is 1. The lowest BCUT2D eigenvalue weighted by atomic mass is 9.85. The summed E-state index contributed by atoms with van der Waals surface area (Å²) in [6.45, 7) is 0. The van der Waals surface area contributed by atoms with Crippen LogP contribution in [0.15, 0.2) is 6.33 Å². The van der Waals surface area contributed by atoms with E-state index in [2.05, 4.69) is 10.3 Å². The van der Waals surface area contributed by atoms with Crippen molar-refractivity contribution >= 4 is 17.5 Å². The molecule has 8 heteroatoms. The van der Waals surface area contributed by atoms with E-state index in [-0.39, 0.29) is 23.7 Å². The highest BCUT2D eigenvalue weighted by atomic mass is 16.6. The van der Waals surface area contributed by atoms with Gasteiger partial charge in [-0.1, -0.05) is 0 Å². The molecule has 0 radical (unpaired) electrons. The Morgan fingerprint density at radius 3 is 2.68 bits per heavy atom. The van der Waals surface area contributed by atoms with E-state index in [1.807, 2.05) is 0 Å². The molecule has 0 saturated heterocycles. The fraction of sp³-hybridized carbons (Fsp3) is 0.636. The lowest BCUT2D eigenvalue weighted by molar-refractivity contribution is -0.388. The Morgan fingerprint density at radius 2 is 2.16 bits per heavy atom. The van der Waals surface area contributed by atoms with Crippen LogP contribution in [0.2, 0.25) is 0 Å². The predicted molar refractivity (Wildman–Crippen MR) is 68.4 cm³/mol. The van der Waals surface area contributed by atoms with Crippen LogP contribution < -0.4 is 11.1 Å². The number of aryl methyl sites for hydroxylation is 1. The third kappa shape index (κ3) is 2.83. The van der Waals surface area contributed by atoms with Crippen molar-refractivity contribution in [2.24, 2.45) is 18.7 Å². The van der Waals surface area contributed by atoms with Crippen LogP contribution in [0, 0.1) is 16.0 Å². The van der Waals surface area contributed by atoms with Gasteiger partial charge in [0.05, 0.1) is 0 Å². The van der Waals surface area contributed by atoms with Gasteiger partial charge in [0.25, 0.3) is 0 Å². The highest BCUT2D eigenvalue weighted by molar-refractivity contribution is 5.76. The number of carbonyl (C=O) groups is 1. The maximum Gasteiger partial charge on any atom is 0.406 e. The van der Waals surface area contributed by atoms with Crippen molar-refractivity contribution in [2.45, 2.75) is 31.7 Å². The molecule has 0 atom stereocenters. The molecule has 1 fully saturated rings. The summed E-state index contributed by atoms with van der Waals surface area (Å²) < 4.78 is 1.60. The fourth-order valence-electron chi connectivity index (χ4n) is 2.43. The summed E-state index contributed by atoms with van der Waals surface area (Å²) in [5.41, 5.74) is 5.27. The van der Waals surface area contributed by atoms with Gasteiger partial charge in [0.2, 0.25) is 18.1 Å². The lowest BCUT2D eigenvalue weighted by Gasteiger charge is -2.27. The molecule has 8 nitrogen and oxygen atoms in total. The predicted octanol–water partition coefficient (Wildman–Crippen LogP) is 0.784. The first-order valence-corrected chi connectivity index (χ1v) is 6.20. The molecule has 0 bridgehead atoms. The van der Waals surface area contributed by atoms with E-state index in [0.29, 0.717) is 5.82 Å². The van der Waals surface area contributed by atoms with E-state index in [4.69, 9.17) is 5.73 Å². The van der Waals surface area contributed by atoms with Crippen LogP contribution in [0.3, 0.4) is 0 Å². The summed E-state index contributed by atoms with van der Waals surface area (Å²) in [5, 5.41) is 14.0. The normalized spacial score (nSPS) is 23.0. The molecule has 19 heavy (non-hydrogen) atoms. The number of nitrogens with zero attached hydrogens (tertiary/aromatic N) is 3. The van der Waals surface area contributed by atoms with Gasteiger partial charge in [-0.25, -0.2) is 0 Å². The van der Waals surface area contributed by atoms with Crippen molar-refractivity contribution in [3.8, 4) is 0 Å².